The predicted molar refractivity (Wildman–Crippen MR) is 115 cm³/mol. The normalized spacial score (nSPS) is 19.2. The number of aromatic nitrogens is 1. The Morgan fingerprint density at radius 3 is 2.62 bits per heavy atom. The Bertz CT molecular complexity index is 778. The molecule has 0 N–H and O–H groups in total. The molecule has 1 saturated carbocycles. The van der Waals surface area contributed by atoms with Crippen LogP contribution in [-0.2, 0) is 9.53 Å². The van der Waals surface area contributed by atoms with Crippen molar-refractivity contribution in [3.05, 3.63) is 28.6 Å². The van der Waals surface area contributed by atoms with Crippen LogP contribution in [0.25, 0.3) is 6.08 Å². The lowest BCUT2D eigenvalue weighted by atomic mass is 9.95. The fourth-order valence-electron chi connectivity index (χ4n) is 4.57. The average Bonchev–Trinajstić information content (AvgIpc) is 3.03. The van der Waals surface area contributed by atoms with Crippen LogP contribution in [0.2, 0.25) is 0 Å². The average molecular weight is 399 g/mol. The number of hydrogen-bond acceptors (Lipinski definition) is 4. The minimum Gasteiger partial charge on any atom is -0.379 e. The topological polar surface area (TPSA) is 61.5 Å². The summed E-state index contributed by atoms with van der Waals surface area (Å²) in [5.41, 5.74) is 3.56. The lowest BCUT2D eigenvalue weighted by molar-refractivity contribution is -0.125. The van der Waals surface area contributed by atoms with Crippen molar-refractivity contribution in [3.63, 3.8) is 0 Å². The molecule has 2 aliphatic rings. The van der Waals surface area contributed by atoms with E-state index in [0.717, 1.165) is 44.1 Å². The highest BCUT2D eigenvalue weighted by Crippen LogP contribution is 2.32. The van der Waals surface area contributed by atoms with E-state index in [-0.39, 0.29) is 11.5 Å². The summed E-state index contributed by atoms with van der Waals surface area (Å²) in [5.74, 6) is -0.205. The summed E-state index contributed by atoms with van der Waals surface area (Å²) in [6.45, 7) is 8.94. The minimum absolute atomic E-state index is 0.205. The Morgan fingerprint density at radius 1 is 1.28 bits per heavy atom. The molecule has 1 aromatic heterocycles. The molecule has 0 unspecified atom stereocenters. The second kappa shape index (κ2) is 10.1. The van der Waals surface area contributed by atoms with E-state index < -0.39 is 0 Å². The first kappa shape index (κ1) is 21.6. The van der Waals surface area contributed by atoms with Crippen molar-refractivity contribution in [1.29, 1.82) is 5.26 Å². The number of morpholine rings is 1. The number of carbonyl (C=O) groups is 1. The van der Waals surface area contributed by atoms with Gasteiger partial charge in [-0.2, -0.15) is 5.26 Å². The SMILES string of the molecule is Cc1cc(/C=C(\C#N)C(=O)N(C)CCN2CCOCC2)c(C)n1C1CCCCC1. The van der Waals surface area contributed by atoms with E-state index in [1.54, 1.807) is 18.0 Å². The van der Waals surface area contributed by atoms with Crippen LogP contribution in [0.15, 0.2) is 11.6 Å². The molecule has 0 aromatic carbocycles. The van der Waals surface area contributed by atoms with Crippen LogP contribution < -0.4 is 0 Å². The number of nitrogens with zero attached hydrogens (tertiary/aromatic N) is 4. The van der Waals surface area contributed by atoms with Crippen molar-refractivity contribution in [2.45, 2.75) is 52.0 Å². The van der Waals surface area contributed by atoms with Gasteiger partial charge in [0, 0.05) is 50.7 Å². The summed E-state index contributed by atoms with van der Waals surface area (Å²) >= 11 is 0. The number of likely N-dealkylation sites (N-methyl/N-ethyl adjacent to an activating group) is 1. The molecule has 0 spiro atoms. The molecule has 1 amide bonds. The number of carbonyl (C=O) groups excluding carboxylic acids is 1. The third-order valence-corrected chi connectivity index (χ3v) is 6.32. The van der Waals surface area contributed by atoms with Crippen LogP contribution in [0.3, 0.4) is 0 Å². The van der Waals surface area contributed by atoms with Crippen LogP contribution in [0, 0.1) is 25.2 Å². The van der Waals surface area contributed by atoms with Gasteiger partial charge >= 0.3 is 0 Å². The molecule has 29 heavy (non-hydrogen) atoms. The minimum atomic E-state index is -0.205. The highest BCUT2D eigenvalue weighted by Gasteiger charge is 2.21. The molecule has 6 heteroatoms. The van der Waals surface area contributed by atoms with E-state index in [2.05, 4.69) is 35.5 Å². The molecule has 1 aliphatic carbocycles. The van der Waals surface area contributed by atoms with Gasteiger partial charge in [0.05, 0.1) is 13.2 Å². The van der Waals surface area contributed by atoms with E-state index in [1.807, 2.05) is 0 Å². The van der Waals surface area contributed by atoms with Crippen molar-refractivity contribution >= 4 is 12.0 Å². The maximum absolute atomic E-state index is 12.8. The summed E-state index contributed by atoms with van der Waals surface area (Å²) in [6.07, 6.45) is 8.09. The molecule has 158 valence electrons. The summed E-state index contributed by atoms with van der Waals surface area (Å²) in [5, 5.41) is 9.64. The first-order chi connectivity index (χ1) is 14.0. The molecule has 2 fully saturated rings. The molecule has 6 nitrogen and oxygen atoms in total. The van der Waals surface area contributed by atoms with Gasteiger partial charge in [0.1, 0.15) is 11.6 Å². The highest BCUT2D eigenvalue weighted by molar-refractivity contribution is 6.01. The Kier molecular flexibility index (Phi) is 7.51. The predicted octanol–water partition coefficient (Wildman–Crippen LogP) is 3.31. The van der Waals surface area contributed by atoms with Crippen LogP contribution in [0.4, 0.5) is 0 Å². The number of amides is 1. The summed E-state index contributed by atoms with van der Waals surface area (Å²) in [4.78, 5) is 16.8. The molecule has 0 atom stereocenters. The molecule has 3 rings (SSSR count). The van der Waals surface area contributed by atoms with Gasteiger partial charge in [-0.1, -0.05) is 19.3 Å². The first-order valence-corrected chi connectivity index (χ1v) is 10.9. The summed E-state index contributed by atoms with van der Waals surface area (Å²) in [6, 6.07) is 4.79. The van der Waals surface area contributed by atoms with Crippen LogP contribution >= 0.6 is 0 Å². The Labute approximate surface area is 174 Å². The summed E-state index contributed by atoms with van der Waals surface area (Å²) in [7, 11) is 1.78. The third kappa shape index (κ3) is 5.29. The number of hydrogen-bond donors (Lipinski definition) is 0. The number of nitriles is 1. The van der Waals surface area contributed by atoms with Crippen LogP contribution in [0.1, 0.15) is 55.1 Å². The first-order valence-electron chi connectivity index (χ1n) is 10.9. The third-order valence-electron chi connectivity index (χ3n) is 6.32. The molecule has 2 heterocycles. The quantitative estimate of drug-likeness (QED) is 0.545. The Morgan fingerprint density at radius 2 is 1.97 bits per heavy atom. The Hall–Kier alpha value is -2.10. The van der Waals surface area contributed by atoms with Crippen molar-refractivity contribution in [2.75, 3.05) is 46.4 Å². The van der Waals surface area contributed by atoms with Gasteiger partial charge in [0.2, 0.25) is 0 Å². The fourth-order valence-corrected chi connectivity index (χ4v) is 4.57. The Balaban J connectivity index is 1.70. The molecule has 1 saturated heterocycles. The van der Waals surface area contributed by atoms with E-state index >= 15 is 0 Å². The van der Waals surface area contributed by atoms with E-state index in [0.29, 0.717) is 12.6 Å². The number of rotatable bonds is 6. The maximum Gasteiger partial charge on any atom is 0.264 e. The van der Waals surface area contributed by atoms with E-state index in [4.69, 9.17) is 4.74 Å². The lowest BCUT2D eigenvalue weighted by Crippen LogP contribution is -2.42. The second-order valence-electron chi connectivity index (χ2n) is 8.34. The standard InChI is InChI=1S/C23H34N4O2/c1-18-15-20(19(2)27(18)22-7-5-4-6-8-22)16-21(17-24)23(28)25(3)9-10-26-11-13-29-14-12-26/h15-16,22H,4-14H2,1-3H3/b21-16+. The zero-order valence-corrected chi connectivity index (χ0v) is 18.1. The number of ether oxygens (including phenoxy) is 1. The van der Waals surface area contributed by atoms with E-state index in [9.17, 15) is 10.1 Å². The van der Waals surface area contributed by atoms with Crippen LogP contribution in [-0.4, -0.2) is 66.7 Å². The molecular weight excluding hydrogens is 364 g/mol. The van der Waals surface area contributed by atoms with Crippen molar-refractivity contribution in [2.24, 2.45) is 0 Å². The lowest BCUT2D eigenvalue weighted by Gasteiger charge is -2.28. The van der Waals surface area contributed by atoms with Gasteiger partial charge in [-0.15, -0.1) is 0 Å². The van der Waals surface area contributed by atoms with Crippen LogP contribution in [0.5, 0.6) is 0 Å². The molecular formula is C23H34N4O2. The monoisotopic (exact) mass is 398 g/mol. The van der Waals surface area contributed by atoms with Gasteiger partial charge < -0.3 is 14.2 Å². The molecule has 0 bridgehead atoms. The zero-order valence-electron chi connectivity index (χ0n) is 18.1. The van der Waals surface area contributed by atoms with Gasteiger partial charge in [-0.3, -0.25) is 9.69 Å². The van der Waals surface area contributed by atoms with Gasteiger partial charge in [-0.05, 0) is 44.4 Å². The van der Waals surface area contributed by atoms with Crippen molar-refractivity contribution in [1.82, 2.24) is 14.4 Å². The fraction of sp³-hybridized carbons (Fsp3) is 0.652. The maximum atomic E-state index is 12.8. The molecule has 1 aliphatic heterocycles. The highest BCUT2D eigenvalue weighted by atomic mass is 16.5. The smallest absolute Gasteiger partial charge is 0.264 e. The van der Waals surface area contributed by atoms with E-state index in [1.165, 1.54) is 37.8 Å². The zero-order chi connectivity index (χ0) is 20.8. The van der Waals surface area contributed by atoms with Crippen molar-refractivity contribution in [3.8, 4) is 6.07 Å². The largest absolute Gasteiger partial charge is 0.379 e. The second-order valence-corrected chi connectivity index (χ2v) is 8.34. The van der Waals surface area contributed by atoms with Gasteiger partial charge in [-0.25, -0.2) is 0 Å². The number of aryl methyl sites for hydroxylation is 1. The summed E-state index contributed by atoms with van der Waals surface area (Å²) < 4.78 is 7.78. The molecule has 0 radical (unpaired) electrons. The van der Waals surface area contributed by atoms with Gasteiger partial charge in [0.25, 0.3) is 5.91 Å². The molecule has 1 aromatic rings. The van der Waals surface area contributed by atoms with Crippen molar-refractivity contribution < 1.29 is 9.53 Å². The van der Waals surface area contributed by atoms with Gasteiger partial charge in [0.15, 0.2) is 0 Å².